The molecule has 3 fully saturated rings. The van der Waals surface area contributed by atoms with Crippen molar-refractivity contribution in [3.63, 3.8) is 0 Å². The molecule has 1 aromatic carbocycles. The minimum absolute atomic E-state index is 0.111. The summed E-state index contributed by atoms with van der Waals surface area (Å²) < 4.78 is 5.85. The van der Waals surface area contributed by atoms with Crippen LogP contribution in [0.25, 0.3) is 0 Å². The number of halogens is 1. The third-order valence-corrected chi connectivity index (χ3v) is 7.11. The van der Waals surface area contributed by atoms with Gasteiger partial charge in [-0.05, 0) is 62.4 Å². The molecule has 2 saturated heterocycles. The van der Waals surface area contributed by atoms with Crippen molar-refractivity contribution < 1.29 is 9.53 Å². The molecule has 4 rings (SSSR count). The van der Waals surface area contributed by atoms with Crippen LogP contribution in [0.15, 0.2) is 24.3 Å². The van der Waals surface area contributed by atoms with Crippen LogP contribution >= 0.6 is 23.8 Å². The number of hydrogen-bond acceptors (Lipinski definition) is 3. The zero-order valence-electron chi connectivity index (χ0n) is 16.2. The lowest BCUT2D eigenvalue weighted by atomic mass is 9.84. The third-order valence-electron chi connectivity index (χ3n) is 6.34. The van der Waals surface area contributed by atoms with Gasteiger partial charge in [0, 0.05) is 30.7 Å². The van der Waals surface area contributed by atoms with Crippen LogP contribution in [-0.2, 0) is 11.3 Å². The average molecular weight is 422 g/mol. The maximum absolute atomic E-state index is 12.5. The van der Waals surface area contributed by atoms with Crippen molar-refractivity contribution in [3.05, 3.63) is 34.9 Å². The summed E-state index contributed by atoms with van der Waals surface area (Å²) in [7, 11) is 0. The van der Waals surface area contributed by atoms with Gasteiger partial charge in [-0.15, -0.1) is 0 Å². The van der Waals surface area contributed by atoms with Gasteiger partial charge in [-0.3, -0.25) is 0 Å². The van der Waals surface area contributed by atoms with Crippen molar-refractivity contribution >= 4 is 35.0 Å². The first-order chi connectivity index (χ1) is 13.6. The third kappa shape index (κ3) is 4.23. The molecule has 1 aliphatic carbocycles. The summed E-state index contributed by atoms with van der Waals surface area (Å²) in [5, 5.41) is 4.82. The van der Waals surface area contributed by atoms with Crippen molar-refractivity contribution in [3.8, 4) is 0 Å². The number of carbonyl (C=O) groups is 1. The molecule has 1 amide bonds. The normalized spacial score (nSPS) is 22.4. The van der Waals surface area contributed by atoms with Crippen molar-refractivity contribution in [2.75, 3.05) is 19.6 Å². The van der Waals surface area contributed by atoms with Gasteiger partial charge in [-0.1, -0.05) is 36.2 Å². The SMILES string of the molecule is O=C1OC2(CCCCC2)CN1C1CCN(C(=S)NCc2ccccc2Cl)CC1. The van der Waals surface area contributed by atoms with E-state index in [1.807, 2.05) is 29.2 Å². The number of ether oxygens (including phenoxy) is 1. The zero-order valence-corrected chi connectivity index (χ0v) is 17.7. The largest absolute Gasteiger partial charge is 0.441 e. The molecule has 0 unspecified atom stereocenters. The Kier molecular flexibility index (Phi) is 5.97. The second-order valence-corrected chi connectivity index (χ2v) is 9.00. The number of carbonyl (C=O) groups excluding carboxylic acids is 1. The van der Waals surface area contributed by atoms with E-state index in [9.17, 15) is 4.79 Å². The number of likely N-dealkylation sites (tertiary alicyclic amines) is 1. The first-order valence-electron chi connectivity index (χ1n) is 10.3. The summed E-state index contributed by atoms with van der Waals surface area (Å²) >= 11 is 11.8. The standard InChI is InChI=1S/C21H28ClN3O2S/c22-18-7-3-2-6-16(18)14-23-19(28)24-12-8-17(9-13-24)25-15-21(27-20(25)26)10-4-1-5-11-21/h2-3,6-7,17H,1,4-5,8-15H2,(H,23,28). The highest BCUT2D eigenvalue weighted by Gasteiger charge is 2.48. The van der Waals surface area contributed by atoms with Gasteiger partial charge in [0.1, 0.15) is 5.60 Å². The van der Waals surface area contributed by atoms with E-state index >= 15 is 0 Å². The molecule has 0 atom stereocenters. The van der Waals surface area contributed by atoms with E-state index in [2.05, 4.69) is 10.2 Å². The predicted octanol–water partition coefficient (Wildman–Crippen LogP) is 4.33. The number of nitrogens with zero attached hydrogens (tertiary/aromatic N) is 2. The van der Waals surface area contributed by atoms with Crippen molar-refractivity contribution in [1.82, 2.24) is 15.1 Å². The fourth-order valence-corrected chi connectivity index (χ4v) is 5.15. The molecule has 0 radical (unpaired) electrons. The zero-order chi connectivity index (χ0) is 19.6. The van der Waals surface area contributed by atoms with E-state index in [1.165, 1.54) is 19.3 Å². The first-order valence-corrected chi connectivity index (χ1v) is 11.1. The molecule has 1 N–H and O–H groups in total. The van der Waals surface area contributed by atoms with Crippen LogP contribution < -0.4 is 5.32 Å². The Balaban J connectivity index is 1.27. The lowest BCUT2D eigenvalue weighted by Crippen LogP contribution is -2.50. The number of rotatable bonds is 3. The van der Waals surface area contributed by atoms with Gasteiger partial charge in [0.05, 0.1) is 6.54 Å². The van der Waals surface area contributed by atoms with E-state index in [0.717, 1.165) is 61.0 Å². The van der Waals surface area contributed by atoms with Gasteiger partial charge in [0.15, 0.2) is 5.11 Å². The molecular weight excluding hydrogens is 394 g/mol. The molecule has 28 heavy (non-hydrogen) atoms. The van der Waals surface area contributed by atoms with E-state index in [-0.39, 0.29) is 17.7 Å². The van der Waals surface area contributed by atoms with E-state index in [1.54, 1.807) is 0 Å². The van der Waals surface area contributed by atoms with Crippen molar-refractivity contribution in [2.45, 2.75) is 63.1 Å². The predicted molar refractivity (Wildman–Crippen MR) is 114 cm³/mol. The van der Waals surface area contributed by atoms with Gasteiger partial charge < -0.3 is 19.9 Å². The van der Waals surface area contributed by atoms with Crippen LogP contribution in [-0.4, -0.2) is 52.3 Å². The highest BCUT2D eigenvalue weighted by Crippen LogP contribution is 2.38. The van der Waals surface area contributed by atoms with E-state index in [4.69, 9.17) is 28.6 Å². The van der Waals surface area contributed by atoms with Crippen LogP contribution in [0.3, 0.4) is 0 Å². The minimum atomic E-state index is -0.210. The lowest BCUT2D eigenvalue weighted by Gasteiger charge is -2.37. The Morgan fingerprint density at radius 1 is 1.21 bits per heavy atom. The summed E-state index contributed by atoms with van der Waals surface area (Å²) in [6.45, 7) is 3.11. The Labute approximate surface area is 177 Å². The van der Waals surface area contributed by atoms with Gasteiger partial charge in [-0.25, -0.2) is 4.79 Å². The van der Waals surface area contributed by atoms with Crippen LogP contribution in [0.2, 0.25) is 5.02 Å². The Bertz CT molecular complexity index is 730. The van der Waals surface area contributed by atoms with Gasteiger partial charge in [0.2, 0.25) is 0 Å². The topological polar surface area (TPSA) is 44.8 Å². The molecule has 2 aliphatic heterocycles. The number of nitrogens with one attached hydrogen (secondary N) is 1. The molecule has 0 bridgehead atoms. The molecule has 2 heterocycles. The molecule has 152 valence electrons. The van der Waals surface area contributed by atoms with Crippen LogP contribution in [0.4, 0.5) is 4.79 Å². The van der Waals surface area contributed by atoms with E-state index < -0.39 is 0 Å². The van der Waals surface area contributed by atoms with Crippen molar-refractivity contribution in [2.24, 2.45) is 0 Å². The smallest absolute Gasteiger partial charge is 0.410 e. The summed E-state index contributed by atoms with van der Waals surface area (Å²) in [4.78, 5) is 16.7. The number of amides is 1. The highest BCUT2D eigenvalue weighted by atomic mass is 35.5. The van der Waals surface area contributed by atoms with Crippen LogP contribution in [0.1, 0.15) is 50.5 Å². The number of thiocarbonyl (C=S) groups is 1. The molecule has 3 aliphatic rings. The summed E-state index contributed by atoms with van der Waals surface area (Å²) in [5.74, 6) is 0. The van der Waals surface area contributed by atoms with Crippen molar-refractivity contribution in [1.29, 1.82) is 0 Å². The monoisotopic (exact) mass is 421 g/mol. The number of benzene rings is 1. The fraction of sp³-hybridized carbons (Fsp3) is 0.619. The summed E-state index contributed by atoms with van der Waals surface area (Å²) in [5.41, 5.74) is 0.831. The van der Waals surface area contributed by atoms with Crippen LogP contribution in [0, 0.1) is 0 Å². The molecule has 7 heteroatoms. The Hall–Kier alpha value is -1.53. The molecule has 1 saturated carbocycles. The summed E-state index contributed by atoms with van der Waals surface area (Å²) in [6.07, 6.45) is 7.39. The highest BCUT2D eigenvalue weighted by molar-refractivity contribution is 7.80. The van der Waals surface area contributed by atoms with E-state index in [0.29, 0.717) is 6.54 Å². The molecule has 1 aromatic rings. The second kappa shape index (κ2) is 8.46. The first kappa shape index (κ1) is 19.8. The second-order valence-electron chi connectivity index (χ2n) is 8.21. The summed E-state index contributed by atoms with van der Waals surface area (Å²) in [6, 6.07) is 8.06. The lowest BCUT2D eigenvalue weighted by molar-refractivity contribution is 0.0259. The van der Waals surface area contributed by atoms with Gasteiger partial charge in [0.25, 0.3) is 0 Å². The molecular formula is C21H28ClN3O2S. The molecule has 0 aromatic heterocycles. The minimum Gasteiger partial charge on any atom is -0.441 e. The maximum Gasteiger partial charge on any atom is 0.410 e. The van der Waals surface area contributed by atoms with Gasteiger partial charge in [-0.2, -0.15) is 0 Å². The quantitative estimate of drug-likeness (QED) is 0.736. The fourth-order valence-electron chi connectivity index (χ4n) is 4.69. The van der Waals surface area contributed by atoms with Crippen LogP contribution in [0.5, 0.6) is 0 Å². The Morgan fingerprint density at radius 2 is 1.93 bits per heavy atom. The molecule has 5 nitrogen and oxygen atoms in total. The average Bonchev–Trinajstić information content (AvgIpc) is 3.03. The Morgan fingerprint density at radius 3 is 2.64 bits per heavy atom. The maximum atomic E-state index is 12.5. The number of piperidine rings is 1. The number of hydrogen-bond donors (Lipinski definition) is 1. The van der Waals surface area contributed by atoms with Gasteiger partial charge >= 0.3 is 6.09 Å². The molecule has 1 spiro atoms.